The van der Waals surface area contributed by atoms with Crippen molar-refractivity contribution in [3.63, 3.8) is 0 Å². The van der Waals surface area contributed by atoms with Gasteiger partial charge in [0.2, 0.25) is 0 Å². The van der Waals surface area contributed by atoms with Gasteiger partial charge in [-0.25, -0.2) is 4.79 Å². The van der Waals surface area contributed by atoms with Crippen molar-refractivity contribution in [1.82, 2.24) is 4.57 Å². The molecule has 20 heavy (non-hydrogen) atoms. The maximum Gasteiger partial charge on any atom is 0.419 e. The molecule has 5 heteroatoms. The van der Waals surface area contributed by atoms with Crippen LogP contribution in [0.5, 0.6) is 0 Å². The van der Waals surface area contributed by atoms with Crippen molar-refractivity contribution in [2.24, 2.45) is 0 Å². The molecule has 2 aromatic rings. The first kappa shape index (κ1) is 14.1. The van der Waals surface area contributed by atoms with Crippen LogP contribution in [-0.2, 0) is 11.3 Å². The van der Waals surface area contributed by atoms with Crippen molar-refractivity contribution in [2.75, 3.05) is 0 Å². The van der Waals surface area contributed by atoms with Gasteiger partial charge in [0.05, 0.1) is 23.8 Å². The van der Waals surface area contributed by atoms with E-state index in [4.69, 9.17) is 10.00 Å². The number of rotatable bonds is 1. The number of benzene rings is 1. The van der Waals surface area contributed by atoms with Crippen LogP contribution in [0.2, 0.25) is 0 Å². The molecule has 1 aromatic heterocycles. The van der Waals surface area contributed by atoms with Gasteiger partial charge in [-0.15, -0.1) is 0 Å². The molecule has 0 saturated heterocycles. The summed E-state index contributed by atoms with van der Waals surface area (Å²) >= 11 is 0. The van der Waals surface area contributed by atoms with Crippen LogP contribution in [0.1, 0.15) is 31.9 Å². The molecule has 0 fully saturated rings. The fourth-order valence-corrected chi connectivity index (χ4v) is 1.96. The second-order valence-electron chi connectivity index (χ2n) is 5.51. The van der Waals surface area contributed by atoms with E-state index in [1.807, 2.05) is 6.07 Å². The minimum Gasteiger partial charge on any atom is -0.443 e. The Morgan fingerprint density at radius 3 is 2.70 bits per heavy atom. The molecule has 0 atom stereocenters. The van der Waals surface area contributed by atoms with E-state index in [2.05, 4.69) is 0 Å². The van der Waals surface area contributed by atoms with E-state index < -0.39 is 11.7 Å². The van der Waals surface area contributed by atoms with Gasteiger partial charge in [0.1, 0.15) is 5.60 Å². The molecule has 0 aliphatic heterocycles. The van der Waals surface area contributed by atoms with Crippen LogP contribution in [-0.4, -0.2) is 21.4 Å². The predicted molar refractivity (Wildman–Crippen MR) is 74.2 cm³/mol. The molecule has 0 unspecified atom stereocenters. The summed E-state index contributed by atoms with van der Waals surface area (Å²) < 4.78 is 6.68. The molecule has 1 aromatic carbocycles. The SMILES string of the molecule is CC(C)(C)OC(=O)n1cc(CO)c2cc(C#N)ccc21. The summed E-state index contributed by atoms with van der Waals surface area (Å²) in [7, 11) is 0. The lowest BCUT2D eigenvalue weighted by Crippen LogP contribution is -2.26. The predicted octanol–water partition coefficient (Wildman–Crippen LogP) is 2.79. The summed E-state index contributed by atoms with van der Waals surface area (Å²) in [5.74, 6) is 0. The Kier molecular flexibility index (Phi) is 3.51. The number of aliphatic hydroxyl groups excluding tert-OH is 1. The van der Waals surface area contributed by atoms with E-state index in [0.717, 1.165) is 0 Å². The summed E-state index contributed by atoms with van der Waals surface area (Å²) in [6.45, 7) is 5.16. The zero-order chi connectivity index (χ0) is 14.9. The first-order valence-electron chi connectivity index (χ1n) is 6.24. The van der Waals surface area contributed by atoms with Gasteiger partial charge < -0.3 is 9.84 Å². The molecule has 0 saturated carbocycles. The monoisotopic (exact) mass is 272 g/mol. The van der Waals surface area contributed by atoms with E-state index in [1.165, 1.54) is 4.57 Å². The zero-order valence-corrected chi connectivity index (χ0v) is 11.7. The van der Waals surface area contributed by atoms with Crippen molar-refractivity contribution in [2.45, 2.75) is 33.0 Å². The van der Waals surface area contributed by atoms with Crippen LogP contribution in [0.25, 0.3) is 10.9 Å². The van der Waals surface area contributed by atoms with Crippen LogP contribution in [0, 0.1) is 11.3 Å². The minimum absolute atomic E-state index is 0.207. The van der Waals surface area contributed by atoms with E-state index in [0.29, 0.717) is 22.0 Å². The Hall–Kier alpha value is -2.32. The lowest BCUT2D eigenvalue weighted by atomic mass is 10.1. The van der Waals surface area contributed by atoms with Crippen LogP contribution in [0.3, 0.4) is 0 Å². The van der Waals surface area contributed by atoms with Crippen molar-refractivity contribution >= 4 is 17.0 Å². The number of carbonyl (C=O) groups excluding carboxylic acids is 1. The van der Waals surface area contributed by atoms with Gasteiger partial charge in [0, 0.05) is 17.1 Å². The lowest BCUT2D eigenvalue weighted by molar-refractivity contribution is 0.0544. The highest BCUT2D eigenvalue weighted by atomic mass is 16.6. The van der Waals surface area contributed by atoms with Gasteiger partial charge in [-0.3, -0.25) is 4.57 Å². The molecule has 2 rings (SSSR count). The van der Waals surface area contributed by atoms with Crippen LogP contribution in [0.15, 0.2) is 24.4 Å². The van der Waals surface area contributed by atoms with Gasteiger partial charge in [-0.1, -0.05) is 0 Å². The number of nitriles is 1. The maximum absolute atomic E-state index is 12.2. The summed E-state index contributed by atoms with van der Waals surface area (Å²) in [5, 5.41) is 19.0. The van der Waals surface area contributed by atoms with Crippen LogP contribution in [0.4, 0.5) is 4.79 Å². The third-order valence-corrected chi connectivity index (χ3v) is 2.78. The Morgan fingerprint density at radius 2 is 2.15 bits per heavy atom. The molecule has 5 nitrogen and oxygen atoms in total. The summed E-state index contributed by atoms with van der Waals surface area (Å²) in [4.78, 5) is 12.2. The second-order valence-corrected chi connectivity index (χ2v) is 5.51. The lowest BCUT2D eigenvalue weighted by Gasteiger charge is -2.19. The number of hydrogen-bond donors (Lipinski definition) is 1. The van der Waals surface area contributed by atoms with E-state index in [9.17, 15) is 9.90 Å². The largest absolute Gasteiger partial charge is 0.443 e. The van der Waals surface area contributed by atoms with Crippen molar-refractivity contribution in [1.29, 1.82) is 5.26 Å². The third-order valence-electron chi connectivity index (χ3n) is 2.78. The molecular formula is C15H16N2O3. The van der Waals surface area contributed by atoms with Gasteiger partial charge >= 0.3 is 6.09 Å². The normalized spacial score (nSPS) is 11.3. The number of hydrogen-bond acceptors (Lipinski definition) is 4. The fourth-order valence-electron chi connectivity index (χ4n) is 1.96. The van der Waals surface area contributed by atoms with Crippen molar-refractivity contribution in [3.05, 3.63) is 35.5 Å². The zero-order valence-electron chi connectivity index (χ0n) is 11.7. The number of ether oxygens (including phenoxy) is 1. The minimum atomic E-state index is -0.598. The van der Waals surface area contributed by atoms with Gasteiger partial charge in [-0.2, -0.15) is 5.26 Å². The van der Waals surface area contributed by atoms with Crippen molar-refractivity contribution in [3.8, 4) is 6.07 Å². The fraction of sp³-hybridized carbons (Fsp3) is 0.333. The molecule has 0 aliphatic rings. The van der Waals surface area contributed by atoms with Crippen LogP contribution >= 0.6 is 0 Å². The molecule has 0 spiro atoms. The summed E-state index contributed by atoms with van der Waals surface area (Å²) in [5.41, 5.74) is 1.08. The summed E-state index contributed by atoms with van der Waals surface area (Å²) in [6.07, 6.45) is 1.03. The number of aliphatic hydroxyl groups is 1. The molecule has 0 radical (unpaired) electrons. The van der Waals surface area contributed by atoms with Gasteiger partial charge in [0.15, 0.2) is 0 Å². The van der Waals surface area contributed by atoms with Crippen LogP contribution < -0.4 is 0 Å². The van der Waals surface area contributed by atoms with E-state index >= 15 is 0 Å². The highest BCUT2D eigenvalue weighted by Gasteiger charge is 2.20. The van der Waals surface area contributed by atoms with Gasteiger partial charge in [-0.05, 0) is 39.0 Å². The molecule has 1 N–H and O–H groups in total. The quantitative estimate of drug-likeness (QED) is 0.866. The van der Waals surface area contributed by atoms with Crippen molar-refractivity contribution < 1.29 is 14.6 Å². The Labute approximate surface area is 117 Å². The molecular weight excluding hydrogens is 256 g/mol. The highest BCUT2D eigenvalue weighted by molar-refractivity contribution is 5.92. The van der Waals surface area contributed by atoms with E-state index in [-0.39, 0.29) is 6.61 Å². The van der Waals surface area contributed by atoms with Gasteiger partial charge in [0.25, 0.3) is 0 Å². The smallest absolute Gasteiger partial charge is 0.419 e. The number of nitrogens with zero attached hydrogens (tertiary/aromatic N) is 2. The highest BCUT2D eigenvalue weighted by Crippen LogP contribution is 2.24. The average molecular weight is 272 g/mol. The standard InChI is InChI=1S/C15H16N2O3/c1-15(2,3)20-14(19)17-8-11(9-18)12-6-10(7-16)4-5-13(12)17/h4-6,8,18H,9H2,1-3H3. The number of fused-ring (bicyclic) bond motifs is 1. The molecule has 0 aliphatic carbocycles. The maximum atomic E-state index is 12.2. The molecule has 0 bridgehead atoms. The number of carbonyl (C=O) groups is 1. The number of aromatic nitrogens is 1. The molecule has 1 heterocycles. The second kappa shape index (κ2) is 4.99. The Balaban J connectivity index is 2.55. The first-order valence-corrected chi connectivity index (χ1v) is 6.24. The van der Waals surface area contributed by atoms with E-state index in [1.54, 1.807) is 45.2 Å². The third kappa shape index (κ3) is 2.65. The first-order chi connectivity index (χ1) is 9.35. The topological polar surface area (TPSA) is 75.2 Å². The average Bonchev–Trinajstić information content (AvgIpc) is 2.74. The molecule has 104 valence electrons. The summed E-state index contributed by atoms with van der Waals surface area (Å²) in [6, 6.07) is 7.00. The molecule has 0 amide bonds. The Bertz CT molecular complexity index is 702. The Morgan fingerprint density at radius 1 is 1.45 bits per heavy atom.